The number of hydrogen-bond donors (Lipinski definition) is 2. The van der Waals surface area contributed by atoms with Crippen molar-refractivity contribution in [2.45, 2.75) is 52.9 Å². The second-order valence-corrected chi connectivity index (χ2v) is 9.25. The largest absolute Gasteiger partial charge is 0.471 e. The van der Waals surface area contributed by atoms with Crippen molar-refractivity contribution in [1.82, 2.24) is 24.9 Å². The summed E-state index contributed by atoms with van der Waals surface area (Å²) < 4.78 is 14.1. The molecular weight excluding hydrogens is 460 g/mol. The molecule has 0 aliphatic heterocycles. The van der Waals surface area contributed by atoms with E-state index in [2.05, 4.69) is 41.6 Å². The molecule has 0 aliphatic rings. The normalized spacial score (nSPS) is 11.3. The Morgan fingerprint density at radius 3 is 2.47 bits per heavy atom. The van der Waals surface area contributed by atoms with E-state index in [1.165, 1.54) is 16.5 Å². The molecule has 0 saturated carbocycles. The summed E-state index contributed by atoms with van der Waals surface area (Å²) >= 11 is 0. The van der Waals surface area contributed by atoms with Crippen LogP contribution in [0.5, 0.6) is 5.75 Å². The number of ether oxygens (including phenoxy) is 1. The second kappa shape index (κ2) is 10.5. The number of furan rings is 1. The first-order chi connectivity index (χ1) is 17.2. The van der Waals surface area contributed by atoms with Gasteiger partial charge in [0.05, 0.1) is 18.5 Å². The molecule has 0 atom stereocenters. The van der Waals surface area contributed by atoms with E-state index in [9.17, 15) is 9.59 Å². The molecule has 3 aromatic heterocycles. The maximum absolute atomic E-state index is 12.8. The number of anilines is 1. The van der Waals surface area contributed by atoms with Crippen LogP contribution >= 0.6 is 0 Å². The molecule has 0 radical (unpaired) electrons. The van der Waals surface area contributed by atoms with Gasteiger partial charge in [-0.2, -0.15) is 10.2 Å². The van der Waals surface area contributed by atoms with Crippen LogP contribution in [0.25, 0.3) is 0 Å². The minimum atomic E-state index is -0.459. The number of nitrogens with one attached hydrogen (secondary N) is 2. The van der Waals surface area contributed by atoms with Crippen LogP contribution in [0.1, 0.15) is 60.0 Å². The molecule has 0 aliphatic carbocycles. The third kappa shape index (κ3) is 6.01. The molecule has 2 amide bonds. The highest BCUT2D eigenvalue weighted by atomic mass is 16.5. The van der Waals surface area contributed by atoms with Crippen LogP contribution in [0.2, 0.25) is 0 Å². The summed E-state index contributed by atoms with van der Waals surface area (Å²) in [5.41, 5.74) is 1.87. The molecule has 3 heterocycles. The van der Waals surface area contributed by atoms with Gasteiger partial charge in [-0.15, -0.1) is 0 Å². The van der Waals surface area contributed by atoms with Crippen LogP contribution in [0.3, 0.4) is 0 Å². The first kappa shape index (κ1) is 24.8. The maximum atomic E-state index is 12.8. The average Bonchev–Trinajstić information content (AvgIpc) is 3.62. The number of aromatic nitrogens is 4. The lowest BCUT2D eigenvalue weighted by atomic mass is 9.87. The second-order valence-electron chi connectivity index (χ2n) is 9.25. The molecule has 1 aromatic carbocycles. The fourth-order valence-electron chi connectivity index (χ4n) is 3.44. The van der Waals surface area contributed by atoms with Gasteiger partial charge in [0.1, 0.15) is 11.5 Å². The highest BCUT2D eigenvalue weighted by molar-refractivity contribution is 6.07. The van der Waals surface area contributed by atoms with Gasteiger partial charge in [0.15, 0.2) is 18.1 Å². The summed E-state index contributed by atoms with van der Waals surface area (Å²) in [7, 11) is 0. The molecule has 10 heteroatoms. The summed E-state index contributed by atoms with van der Waals surface area (Å²) in [6, 6.07) is 13.0. The Balaban J connectivity index is 1.37. The number of carbonyl (C=O) groups excluding carboxylic acids is 2. The van der Waals surface area contributed by atoms with Crippen molar-refractivity contribution in [2.24, 2.45) is 0 Å². The summed E-state index contributed by atoms with van der Waals surface area (Å²) in [5, 5.41) is 14.1. The van der Waals surface area contributed by atoms with Gasteiger partial charge in [0.25, 0.3) is 11.8 Å². The fraction of sp³-hybridized carbons (Fsp3) is 0.308. The molecule has 0 saturated heterocycles. The zero-order valence-corrected chi connectivity index (χ0v) is 20.8. The van der Waals surface area contributed by atoms with Crippen molar-refractivity contribution in [2.75, 3.05) is 5.32 Å². The molecule has 0 bridgehead atoms. The number of rotatable bonds is 9. The monoisotopic (exact) mass is 490 g/mol. The van der Waals surface area contributed by atoms with Gasteiger partial charge in [0.2, 0.25) is 0 Å². The molecule has 10 nitrogen and oxygen atoms in total. The van der Waals surface area contributed by atoms with Crippen molar-refractivity contribution in [1.29, 1.82) is 0 Å². The Morgan fingerprint density at radius 1 is 1.03 bits per heavy atom. The number of hydrogen-bond acceptors (Lipinski definition) is 6. The molecular formula is C26H30N6O4. The van der Waals surface area contributed by atoms with Gasteiger partial charge < -0.3 is 19.8 Å². The van der Waals surface area contributed by atoms with Gasteiger partial charge in [-0.25, -0.2) is 4.68 Å². The maximum Gasteiger partial charge on any atom is 0.276 e. The van der Waals surface area contributed by atoms with E-state index in [-0.39, 0.29) is 30.1 Å². The summed E-state index contributed by atoms with van der Waals surface area (Å²) in [4.78, 5) is 25.5. The van der Waals surface area contributed by atoms with Crippen LogP contribution in [0.15, 0.2) is 65.5 Å². The SMILES string of the molecule is CCn1cc(NC(=O)c2ccn(COc3ccc(C(C)(C)C)cc3)n2)c(C(=O)NCc2ccco2)n1. The van der Waals surface area contributed by atoms with Crippen molar-refractivity contribution in [3.8, 4) is 5.75 Å². The first-order valence-corrected chi connectivity index (χ1v) is 11.7. The lowest BCUT2D eigenvalue weighted by molar-refractivity contribution is 0.0943. The highest BCUT2D eigenvalue weighted by Crippen LogP contribution is 2.24. The average molecular weight is 491 g/mol. The molecule has 4 aromatic rings. The Kier molecular flexibility index (Phi) is 7.23. The zero-order valence-electron chi connectivity index (χ0n) is 20.8. The third-order valence-electron chi connectivity index (χ3n) is 5.51. The number of aryl methyl sites for hydroxylation is 1. The van der Waals surface area contributed by atoms with E-state index < -0.39 is 11.8 Å². The molecule has 2 N–H and O–H groups in total. The Labute approximate surface area is 209 Å². The van der Waals surface area contributed by atoms with Gasteiger partial charge >= 0.3 is 0 Å². The van der Waals surface area contributed by atoms with Gasteiger partial charge in [-0.05, 0) is 48.2 Å². The molecule has 4 rings (SSSR count). The standard InChI is InChI=1S/C26H30N6O4/c1-5-31-16-22(23(30-31)25(34)27-15-20-7-6-14-35-20)28-24(33)21-12-13-32(29-21)17-36-19-10-8-18(9-11-19)26(2,3)4/h6-14,16H,5,15,17H2,1-4H3,(H,27,34)(H,28,33). The topological polar surface area (TPSA) is 116 Å². The predicted molar refractivity (Wildman–Crippen MR) is 134 cm³/mol. The summed E-state index contributed by atoms with van der Waals surface area (Å²) in [6.07, 6.45) is 4.80. The van der Waals surface area contributed by atoms with E-state index in [0.717, 1.165) is 0 Å². The third-order valence-corrected chi connectivity index (χ3v) is 5.51. The smallest absolute Gasteiger partial charge is 0.276 e. The highest BCUT2D eigenvalue weighted by Gasteiger charge is 2.20. The van der Waals surface area contributed by atoms with Gasteiger partial charge in [-0.1, -0.05) is 32.9 Å². The van der Waals surface area contributed by atoms with Crippen molar-refractivity contribution in [3.05, 3.63) is 83.8 Å². The van der Waals surface area contributed by atoms with Crippen LogP contribution in [0.4, 0.5) is 5.69 Å². The summed E-state index contributed by atoms with van der Waals surface area (Å²) in [5.74, 6) is 0.438. The summed E-state index contributed by atoms with van der Waals surface area (Å²) in [6.45, 7) is 9.25. The number of carbonyl (C=O) groups is 2. The lowest BCUT2D eigenvalue weighted by Crippen LogP contribution is -2.25. The molecule has 0 spiro atoms. The molecule has 0 fully saturated rings. The van der Waals surface area contributed by atoms with Gasteiger partial charge in [0, 0.05) is 18.9 Å². The number of benzene rings is 1. The van der Waals surface area contributed by atoms with Crippen LogP contribution in [-0.4, -0.2) is 31.4 Å². The van der Waals surface area contributed by atoms with E-state index in [1.807, 2.05) is 31.2 Å². The fourth-order valence-corrected chi connectivity index (χ4v) is 3.44. The van der Waals surface area contributed by atoms with Crippen LogP contribution in [-0.2, 0) is 25.2 Å². The van der Waals surface area contributed by atoms with Crippen molar-refractivity contribution in [3.63, 3.8) is 0 Å². The van der Waals surface area contributed by atoms with Crippen LogP contribution in [0, 0.1) is 0 Å². The molecule has 188 valence electrons. The minimum absolute atomic E-state index is 0.0658. The molecule has 0 unspecified atom stereocenters. The van der Waals surface area contributed by atoms with Crippen molar-refractivity contribution < 1.29 is 18.7 Å². The van der Waals surface area contributed by atoms with E-state index in [4.69, 9.17) is 9.15 Å². The number of amides is 2. The zero-order chi connectivity index (χ0) is 25.7. The minimum Gasteiger partial charge on any atom is -0.471 e. The predicted octanol–water partition coefficient (Wildman–Crippen LogP) is 4.21. The van der Waals surface area contributed by atoms with Crippen molar-refractivity contribution >= 4 is 17.5 Å². The van der Waals surface area contributed by atoms with Crippen LogP contribution < -0.4 is 15.4 Å². The van der Waals surface area contributed by atoms with E-state index in [0.29, 0.717) is 23.7 Å². The van der Waals surface area contributed by atoms with Gasteiger partial charge in [-0.3, -0.25) is 14.3 Å². The molecule has 36 heavy (non-hydrogen) atoms. The Bertz CT molecular complexity index is 1310. The van der Waals surface area contributed by atoms with E-state index in [1.54, 1.807) is 35.3 Å². The lowest BCUT2D eigenvalue weighted by Gasteiger charge is -2.19. The first-order valence-electron chi connectivity index (χ1n) is 11.7. The Hall–Kier alpha value is -4.34. The number of nitrogens with zero attached hydrogens (tertiary/aromatic N) is 4. The van der Waals surface area contributed by atoms with E-state index >= 15 is 0 Å². The quantitative estimate of drug-likeness (QED) is 0.363. The Morgan fingerprint density at radius 2 is 1.81 bits per heavy atom.